The molecule has 3 aromatic rings. The van der Waals surface area contributed by atoms with Crippen LogP contribution < -0.4 is 11.3 Å². The van der Waals surface area contributed by atoms with Crippen molar-refractivity contribution in [3.8, 4) is 5.69 Å². The van der Waals surface area contributed by atoms with Crippen LogP contribution in [0.15, 0.2) is 46.3 Å². The minimum atomic E-state index is -0.347. The summed E-state index contributed by atoms with van der Waals surface area (Å²) in [6, 6.07) is 8.86. The van der Waals surface area contributed by atoms with Crippen LogP contribution in [0.5, 0.6) is 0 Å². The van der Waals surface area contributed by atoms with E-state index in [0.717, 1.165) is 10.2 Å². The number of aryl methyl sites for hydroxylation is 2. The molecule has 0 saturated heterocycles. The molecule has 25 heavy (non-hydrogen) atoms. The van der Waals surface area contributed by atoms with E-state index in [2.05, 4.69) is 10.2 Å². The molecule has 0 spiro atoms. The predicted octanol–water partition coefficient (Wildman–Crippen LogP) is 2.91. The zero-order chi connectivity index (χ0) is 18.1. The molecule has 128 valence electrons. The molecule has 2 N–H and O–H groups in total. The van der Waals surface area contributed by atoms with Crippen molar-refractivity contribution < 1.29 is 4.39 Å². The first-order valence-electron chi connectivity index (χ1n) is 7.41. The summed E-state index contributed by atoms with van der Waals surface area (Å²) >= 11 is 6.37. The molecule has 0 unspecified atom stereocenters. The van der Waals surface area contributed by atoms with E-state index in [-0.39, 0.29) is 17.2 Å². The van der Waals surface area contributed by atoms with Gasteiger partial charge in [-0.3, -0.25) is 4.79 Å². The average Bonchev–Trinajstić information content (AvgIpc) is 2.82. The maximum atomic E-state index is 13.1. The first-order chi connectivity index (χ1) is 11.9. The molecule has 0 aliphatic heterocycles. The van der Waals surface area contributed by atoms with Gasteiger partial charge >= 0.3 is 0 Å². The highest BCUT2D eigenvalue weighted by molar-refractivity contribution is 6.32. The number of nitrogens with two attached hydrogens (primary N) is 1. The Hall–Kier alpha value is -2.93. The van der Waals surface area contributed by atoms with E-state index in [1.165, 1.54) is 29.1 Å². The number of hydrogen-bond acceptors (Lipinski definition) is 4. The number of aromatic nitrogens is 3. The van der Waals surface area contributed by atoms with Crippen LogP contribution in [0.25, 0.3) is 5.69 Å². The summed E-state index contributed by atoms with van der Waals surface area (Å²) < 4.78 is 15.6. The Morgan fingerprint density at radius 2 is 1.92 bits per heavy atom. The molecule has 8 heteroatoms. The highest BCUT2D eigenvalue weighted by Gasteiger charge is 2.13. The number of halogens is 2. The van der Waals surface area contributed by atoms with Crippen LogP contribution >= 0.6 is 11.6 Å². The number of anilines is 1. The van der Waals surface area contributed by atoms with E-state index in [0.29, 0.717) is 22.1 Å². The minimum absolute atomic E-state index is 0.223. The Morgan fingerprint density at radius 3 is 2.56 bits per heavy atom. The fourth-order valence-corrected chi connectivity index (χ4v) is 2.69. The van der Waals surface area contributed by atoms with E-state index >= 15 is 0 Å². The van der Waals surface area contributed by atoms with Gasteiger partial charge in [-0.2, -0.15) is 14.9 Å². The van der Waals surface area contributed by atoms with E-state index < -0.39 is 0 Å². The van der Waals surface area contributed by atoms with Crippen LogP contribution in [0.4, 0.5) is 10.2 Å². The average molecular weight is 360 g/mol. The van der Waals surface area contributed by atoms with Gasteiger partial charge in [0.15, 0.2) is 0 Å². The normalized spacial score (nSPS) is 11.4. The maximum absolute atomic E-state index is 13.1. The molecule has 0 saturated carbocycles. The summed E-state index contributed by atoms with van der Waals surface area (Å²) in [5, 5.41) is 8.75. The number of nitrogen functional groups attached to an aromatic ring is 1. The molecule has 3 rings (SSSR count). The molecular formula is C17H15ClFN5O. The highest BCUT2D eigenvalue weighted by atomic mass is 35.5. The van der Waals surface area contributed by atoms with Gasteiger partial charge in [0.2, 0.25) is 0 Å². The molecule has 2 aromatic heterocycles. The number of hydrogen-bond donors (Lipinski definition) is 1. The first-order valence-corrected chi connectivity index (χ1v) is 7.79. The Bertz CT molecular complexity index is 1020. The van der Waals surface area contributed by atoms with E-state index in [1.807, 2.05) is 0 Å². The van der Waals surface area contributed by atoms with E-state index in [4.69, 9.17) is 17.3 Å². The third-order valence-corrected chi connectivity index (χ3v) is 3.97. The van der Waals surface area contributed by atoms with Crippen molar-refractivity contribution in [3.05, 3.63) is 74.5 Å². The van der Waals surface area contributed by atoms with Crippen LogP contribution in [0.3, 0.4) is 0 Å². The second-order valence-electron chi connectivity index (χ2n) is 5.53. The standard InChI is InChI=1S/C17H15ClFN5O/c1-10-7-15(20)24(16(25)8-10)21-9-14-11(2)22-23(17(14)18)13-5-3-12(19)4-6-13/h3-9H,20H2,1-2H3. The summed E-state index contributed by atoms with van der Waals surface area (Å²) in [5.41, 5.74) is 8.01. The summed E-state index contributed by atoms with van der Waals surface area (Å²) in [5.74, 6) is -0.124. The second kappa shape index (κ2) is 6.52. The van der Waals surface area contributed by atoms with Crippen LogP contribution in [0.1, 0.15) is 16.8 Å². The van der Waals surface area contributed by atoms with Gasteiger partial charge in [0, 0.05) is 6.07 Å². The Balaban J connectivity index is 2.02. The smallest absolute Gasteiger partial charge is 0.273 e. The fraction of sp³-hybridized carbons (Fsp3) is 0.118. The summed E-state index contributed by atoms with van der Waals surface area (Å²) in [7, 11) is 0. The predicted molar refractivity (Wildman–Crippen MR) is 96.1 cm³/mol. The van der Waals surface area contributed by atoms with Gasteiger partial charge in [-0.15, -0.1) is 0 Å². The van der Waals surface area contributed by atoms with Crippen molar-refractivity contribution in [2.45, 2.75) is 13.8 Å². The maximum Gasteiger partial charge on any atom is 0.273 e. The van der Waals surface area contributed by atoms with Crippen LogP contribution in [-0.4, -0.2) is 20.7 Å². The zero-order valence-electron chi connectivity index (χ0n) is 13.6. The molecule has 0 atom stereocenters. The lowest BCUT2D eigenvalue weighted by Crippen LogP contribution is -2.19. The van der Waals surface area contributed by atoms with Crippen molar-refractivity contribution in [1.29, 1.82) is 0 Å². The molecule has 6 nitrogen and oxygen atoms in total. The molecule has 0 aliphatic carbocycles. The summed E-state index contributed by atoms with van der Waals surface area (Å²) in [4.78, 5) is 12.0. The Morgan fingerprint density at radius 1 is 1.24 bits per heavy atom. The Labute approximate surface area is 148 Å². The lowest BCUT2D eigenvalue weighted by molar-refractivity contribution is 0.627. The number of rotatable bonds is 3. The highest BCUT2D eigenvalue weighted by Crippen LogP contribution is 2.22. The van der Waals surface area contributed by atoms with Gasteiger partial charge < -0.3 is 5.73 Å². The monoisotopic (exact) mass is 359 g/mol. The van der Waals surface area contributed by atoms with Gasteiger partial charge in [0.1, 0.15) is 16.8 Å². The number of pyridine rings is 1. The van der Waals surface area contributed by atoms with Gasteiger partial charge in [-0.1, -0.05) is 11.6 Å². The summed E-state index contributed by atoms with van der Waals surface area (Å²) in [6.07, 6.45) is 1.43. The van der Waals surface area contributed by atoms with E-state index in [9.17, 15) is 9.18 Å². The molecule has 2 heterocycles. The lowest BCUT2D eigenvalue weighted by Gasteiger charge is -2.04. The largest absolute Gasteiger partial charge is 0.384 e. The molecule has 0 aliphatic rings. The van der Waals surface area contributed by atoms with E-state index in [1.54, 1.807) is 32.0 Å². The van der Waals surface area contributed by atoms with Crippen molar-refractivity contribution in [2.24, 2.45) is 5.10 Å². The van der Waals surface area contributed by atoms with Crippen molar-refractivity contribution >= 4 is 23.6 Å². The topological polar surface area (TPSA) is 78.2 Å². The molecule has 0 bridgehead atoms. The van der Waals surface area contributed by atoms with Gasteiger partial charge in [0.25, 0.3) is 5.56 Å². The molecule has 0 radical (unpaired) electrons. The molecule has 0 fully saturated rings. The molecule has 1 aromatic carbocycles. The third-order valence-electron chi connectivity index (χ3n) is 3.60. The first kappa shape index (κ1) is 16.9. The van der Waals surface area contributed by atoms with Crippen LogP contribution in [-0.2, 0) is 0 Å². The lowest BCUT2D eigenvalue weighted by atomic mass is 10.3. The zero-order valence-corrected chi connectivity index (χ0v) is 14.3. The Kier molecular flexibility index (Phi) is 4.41. The van der Waals surface area contributed by atoms with Crippen molar-refractivity contribution in [2.75, 3.05) is 5.73 Å². The quantitative estimate of drug-likeness (QED) is 0.730. The van der Waals surface area contributed by atoms with Crippen LogP contribution in [0.2, 0.25) is 5.15 Å². The van der Waals surface area contributed by atoms with Gasteiger partial charge in [0.05, 0.1) is 23.2 Å². The van der Waals surface area contributed by atoms with Crippen molar-refractivity contribution in [3.63, 3.8) is 0 Å². The molecular weight excluding hydrogens is 345 g/mol. The fourth-order valence-electron chi connectivity index (χ4n) is 2.37. The van der Waals surface area contributed by atoms with Gasteiger partial charge in [-0.05, 0) is 49.7 Å². The van der Waals surface area contributed by atoms with Gasteiger partial charge in [-0.25, -0.2) is 9.07 Å². The van der Waals surface area contributed by atoms with Crippen molar-refractivity contribution in [1.82, 2.24) is 14.5 Å². The SMILES string of the molecule is Cc1cc(N)n(N=Cc2c(C)nn(-c3ccc(F)cc3)c2Cl)c(=O)c1. The number of nitrogens with zero attached hydrogens (tertiary/aromatic N) is 4. The minimum Gasteiger partial charge on any atom is -0.384 e. The number of benzene rings is 1. The molecule has 0 amide bonds. The summed E-state index contributed by atoms with van der Waals surface area (Å²) in [6.45, 7) is 3.54. The third kappa shape index (κ3) is 3.32. The van der Waals surface area contributed by atoms with Crippen LogP contribution in [0, 0.1) is 19.7 Å². The second-order valence-corrected chi connectivity index (χ2v) is 5.89.